The molecule has 0 saturated carbocycles. The van der Waals surface area contributed by atoms with Crippen molar-refractivity contribution in [1.82, 2.24) is 4.98 Å². The number of H-pyrrole nitrogens is 1. The average molecular weight is 259 g/mol. The van der Waals surface area contributed by atoms with E-state index in [1.807, 2.05) is 0 Å². The lowest BCUT2D eigenvalue weighted by molar-refractivity contribution is -0.275. The van der Waals surface area contributed by atoms with Crippen LogP contribution < -0.4 is 10.3 Å². The van der Waals surface area contributed by atoms with Gasteiger partial charge in [-0.2, -0.15) is 0 Å². The minimum Gasteiger partial charge on any atom is -0.400 e. The van der Waals surface area contributed by atoms with Gasteiger partial charge in [-0.25, -0.2) is 8.78 Å². The van der Waals surface area contributed by atoms with Crippen LogP contribution in [0.3, 0.4) is 0 Å². The van der Waals surface area contributed by atoms with Gasteiger partial charge in [-0.05, 0) is 6.07 Å². The third kappa shape index (κ3) is 3.41. The summed E-state index contributed by atoms with van der Waals surface area (Å²) >= 11 is 0. The summed E-state index contributed by atoms with van der Waals surface area (Å²) in [4.78, 5) is 12.5. The molecule has 1 rings (SSSR count). The van der Waals surface area contributed by atoms with Crippen molar-refractivity contribution >= 4 is 0 Å². The highest BCUT2D eigenvalue weighted by atomic mass is 19.4. The number of halogens is 5. The Kier molecular flexibility index (Phi) is 3.71. The fourth-order valence-corrected chi connectivity index (χ4v) is 1.09. The normalized spacial score (nSPS) is 11.9. The maximum Gasteiger partial charge on any atom is 0.573 e. The van der Waals surface area contributed by atoms with Gasteiger partial charge in [-0.3, -0.25) is 4.79 Å². The molecule has 96 valence electrons. The number of aliphatic hydroxyl groups is 1. The molecule has 0 aliphatic heterocycles. The molecule has 0 radical (unpaired) electrons. The lowest BCUT2D eigenvalue weighted by Gasteiger charge is -2.11. The Balaban J connectivity index is 3.23. The fourth-order valence-electron chi connectivity index (χ4n) is 1.09. The molecule has 0 aliphatic carbocycles. The zero-order valence-electron chi connectivity index (χ0n) is 8.02. The summed E-state index contributed by atoms with van der Waals surface area (Å²) in [5, 5.41) is 8.69. The number of rotatable bonds is 3. The third-order valence-corrected chi connectivity index (χ3v) is 1.74. The van der Waals surface area contributed by atoms with Crippen LogP contribution in [0, 0.1) is 0 Å². The number of pyridine rings is 1. The molecule has 4 nitrogen and oxygen atoms in total. The minimum atomic E-state index is -5.12. The molecule has 0 bridgehead atoms. The number of ether oxygens (including phenoxy) is 1. The molecule has 0 amide bonds. The molecule has 1 aromatic heterocycles. The van der Waals surface area contributed by atoms with E-state index in [1.165, 1.54) is 4.98 Å². The van der Waals surface area contributed by atoms with Gasteiger partial charge >= 0.3 is 6.36 Å². The van der Waals surface area contributed by atoms with E-state index < -0.39 is 42.0 Å². The molecule has 0 saturated heterocycles. The molecule has 1 heterocycles. The van der Waals surface area contributed by atoms with Gasteiger partial charge in [0.1, 0.15) is 0 Å². The summed E-state index contributed by atoms with van der Waals surface area (Å²) in [6.07, 6.45) is -8.24. The second kappa shape index (κ2) is 4.70. The topological polar surface area (TPSA) is 62.3 Å². The zero-order chi connectivity index (χ0) is 13.2. The van der Waals surface area contributed by atoms with Crippen LogP contribution in [0.5, 0.6) is 5.75 Å². The molecular formula is C8H6F5NO3. The molecule has 17 heavy (non-hydrogen) atoms. The van der Waals surface area contributed by atoms with Crippen molar-refractivity contribution in [1.29, 1.82) is 0 Å². The van der Waals surface area contributed by atoms with Crippen LogP contribution in [0.2, 0.25) is 0 Å². The van der Waals surface area contributed by atoms with Crippen LogP contribution in [0.15, 0.2) is 10.9 Å². The molecule has 1 aromatic rings. The van der Waals surface area contributed by atoms with Crippen molar-refractivity contribution in [3.05, 3.63) is 27.7 Å². The SMILES string of the molecule is O=c1[nH]c(C(F)F)c(CO)cc1OC(F)(F)F. The summed E-state index contributed by atoms with van der Waals surface area (Å²) in [6, 6.07) is 0.424. The van der Waals surface area contributed by atoms with Gasteiger partial charge in [-0.1, -0.05) is 0 Å². The highest BCUT2D eigenvalue weighted by Gasteiger charge is 2.33. The first-order valence-corrected chi connectivity index (χ1v) is 4.15. The number of alkyl halides is 5. The molecule has 0 unspecified atom stereocenters. The number of nitrogens with one attached hydrogen (secondary N) is 1. The number of hydrogen-bond acceptors (Lipinski definition) is 3. The molecule has 0 aromatic carbocycles. The molecule has 0 atom stereocenters. The van der Waals surface area contributed by atoms with Gasteiger partial charge in [0.05, 0.1) is 12.3 Å². The van der Waals surface area contributed by atoms with Crippen LogP contribution in [-0.4, -0.2) is 16.5 Å². The predicted octanol–water partition coefficient (Wildman–Crippen LogP) is 1.70. The Morgan fingerprint density at radius 1 is 1.41 bits per heavy atom. The van der Waals surface area contributed by atoms with Crippen LogP contribution >= 0.6 is 0 Å². The van der Waals surface area contributed by atoms with Gasteiger partial charge in [-0.15, -0.1) is 13.2 Å². The molecule has 0 spiro atoms. The van der Waals surface area contributed by atoms with Crippen molar-refractivity contribution in [2.75, 3.05) is 0 Å². The van der Waals surface area contributed by atoms with E-state index in [0.29, 0.717) is 6.07 Å². The second-order valence-corrected chi connectivity index (χ2v) is 2.91. The van der Waals surface area contributed by atoms with Gasteiger partial charge in [0.15, 0.2) is 5.75 Å². The Morgan fingerprint density at radius 3 is 2.41 bits per heavy atom. The molecule has 2 N–H and O–H groups in total. The van der Waals surface area contributed by atoms with Crippen molar-refractivity contribution < 1.29 is 31.8 Å². The summed E-state index contributed by atoms with van der Waals surface area (Å²) in [7, 11) is 0. The lowest BCUT2D eigenvalue weighted by Crippen LogP contribution is -2.24. The van der Waals surface area contributed by atoms with Crippen LogP contribution in [0.1, 0.15) is 17.7 Å². The van der Waals surface area contributed by atoms with Gasteiger partial charge in [0.2, 0.25) is 0 Å². The highest BCUT2D eigenvalue weighted by molar-refractivity contribution is 5.29. The van der Waals surface area contributed by atoms with Crippen molar-refractivity contribution in [3.8, 4) is 5.75 Å². The van der Waals surface area contributed by atoms with Gasteiger partial charge < -0.3 is 14.8 Å². The Morgan fingerprint density at radius 2 is 2.00 bits per heavy atom. The van der Waals surface area contributed by atoms with E-state index >= 15 is 0 Å². The van der Waals surface area contributed by atoms with E-state index in [1.54, 1.807) is 0 Å². The predicted molar refractivity (Wildman–Crippen MR) is 44.6 cm³/mol. The van der Waals surface area contributed by atoms with Crippen LogP contribution in [0.25, 0.3) is 0 Å². The zero-order valence-corrected chi connectivity index (χ0v) is 8.02. The minimum absolute atomic E-state index is 0.424. The maximum absolute atomic E-state index is 12.3. The summed E-state index contributed by atoms with van der Waals surface area (Å²) < 4.78 is 63.4. The standard InChI is InChI=1S/C8H6F5NO3/c9-6(10)5-3(2-15)1-4(7(16)14-5)17-8(11,12)13/h1,6,15H,2H2,(H,14,16). The third-order valence-electron chi connectivity index (χ3n) is 1.74. The van der Waals surface area contributed by atoms with Crippen molar-refractivity contribution in [3.63, 3.8) is 0 Å². The van der Waals surface area contributed by atoms with Gasteiger partial charge in [0, 0.05) is 5.56 Å². The highest BCUT2D eigenvalue weighted by Crippen LogP contribution is 2.25. The Bertz CT molecular complexity index is 453. The summed E-state index contributed by atoms with van der Waals surface area (Å²) in [5.41, 5.74) is -2.93. The largest absolute Gasteiger partial charge is 0.573 e. The summed E-state index contributed by atoms with van der Waals surface area (Å²) in [6.45, 7) is -0.954. The smallest absolute Gasteiger partial charge is 0.400 e. The van der Waals surface area contributed by atoms with Gasteiger partial charge in [0.25, 0.3) is 12.0 Å². The number of aromatic amines is 1. The van der Waals surface area contributed by atoms with Crippen molar-refractivity contribution in [2.24, 2.45) is 0 Å². The molecule has 0 fully saturated rings. The fraction of sp³-hybridized carbons (Fsp3) is 0.375. The number of aliphatic hydroxyl groups excluding tert-OH is 1. The van der Waals surface area contributed by atoms with E-state index in [-0.39, 0.29) is 0 Å². The first-order chi connectivity index (χ1) is 7.74. The average Bonchev–Trinajstić information content (AvgIpc) is 2.18. The van der Waals surface area contributed by atoms with Crippen LogP contribution in [-0.2, 0) is 6.61 Å². The lowest BCUT2D eigenvalue weighted by atomic mass is 10.2. The number of aromatic nitrogens is 1. The molecule has 0 aliphatic rings. The molecular weight excluding hydrogens is 253 g/mol. The maximum atomic E-state index is 12.3. The van der Waals surface area contributed by atoms with E-state index in [0.717, 1.165) is 0 Å². The van der Waals surface area contributed by atoms with Crippen LogP contribution in [0.4, 0.5) is 22.0 Å². The van der Waals surface area contributed by atoms with E-state index in [2.05, 4.69) is 4.74 Å². The quantitative estimate of drug-likeness (QED) is 0.812. The van der Waals surface area contributed by atoms with E-state index in [4.69, 9.17) is 5.11 Å². The monoisotopic (exact) mass is 259 g/mol. The van der Waals surface area contributed by atoms with Crippen molar-refractivity contribution in [2.45, 2.75) is 19.4 Å². The Labute approximate surface area is 90.6 Å². The first-order valence-electron chi connectivity index (χ1n) is 4.15. The number of hydrogen-bond donors (Lipinski definition) is 2. The first kappa shape index (κ1) is 13.4. The molecule has 9 heteroatoms. The summed E-state index contributed by atoms with van der Waals surface area (Å²) in [5.74, 6) is -1.20. The van der Waals surface area contributed by atoms with E-state index in [9.17, 15) is 26.7 Å². The second-order valence-electron chi connectivity index (χ2n) is 2.91. The Hall–Kier alpha value is -1.64.